The lowest BCUT2D eigenvalue weighted by molar-refractivity contribution is -0.137. The molecule has 0 radical (unpaired) electrons. The van der Waals surface area contributed by atoms with Gasteiger partial charge in [0.05, 0.1) is 24.4 Å². The lowest BCUT2D eigenvalue weighted by atomic mass is 9.91. The molecule has 32 heavy (non-hydrogen) atoms. The zero-order valence-corrected chi connectivity index (χ0v) is 17.1. The predicted molar refractivity (Wildman–Crippen MR) is 108 cm³/mol. The minimum atomic E-state index is -4.41. The molecule has 0 bridgehead atoms. The first-order valence-corrected chi connectivity index (χ1v) is 9.95. The van der Waals surface area contributed by atoms with E-state index in [4.69, 9.17) is 4.74 Å². The third-order valence-electron chi connectivity index (χ3n) is 5.43. The molecule has 168 valence electrons. The molecule has 0 saturated carbocycles. The predicted octanol–water partition coefficient (Wildman–Crippen LogP) is 2.80. The maximum Gasteiger partial charge on any atom is 0.416 e. The molecule has 2 atom stereocenters. The highest BCUT2D eigenvalue weighted by Gasteiger charge is 2.33. The molecule has 2 heterocycles. The Morgan fingerprint density at radius 2 is 2.00 bits per heavy atom. The van der Waals surface area contributed by atoms with Crippen molar-refractivity contribution in [3.63, 3.8) is 0 Å². The summed E-state index contributed by atoms with van der Waals surface area (Å²) in [5.41, 5.74) is 1.49. The first kappa shape index (κ1) is 21.8. The molecule has 1 amide bonds. The van der Waals surface area contributed by atoms with E-state index in [1.807, 2.05) is 18.2 Å². The molecule has 1 saturated heterocycles. The van der Waals surface area contributed by atoms with Crippen molar-refractivity contribution < 1.29 is 22.7 Å². The Balaban J connectivity index is 1.53. The van der Waals surface area contributed by atoms with Crippen LogP contribution in [0.2, 0.25) is 0 Å². The molecule has 11 heteroatoms. The first-order chi connectivity index (χ1) is 15.3. The van der Waals surface area contributed by atoms with Crippen LogP contribution in [0, 0.1) is 0 Å². The number of piperidine rings is 1. The number of hydrogen-bond acceptors (Lipinski definition) is 6. The van der Waals surface area contributed by atoms with Gasteiger partial charge in [0.25, 0.3) is 0 Å². The number of rotatable bonds is 6. The van der Waals surface area contributed by atoms with Crippen molar-refractivity contribution in [1.29, 1.82) is 0 Å². The lowest BCUT2D eigenvalue weighted by Gasteiger charge is -2.33. The molecule has 2 N–H and O–H groups in total. The normalized spacial score (nSPS) is 18.9. The average molecular weight is 446 g/mol. The number of hydrogen-bond donors (Lipinski definition) is 2. The van der Waals surface area contributed by atoms with Gasteiger partial charge in [0.1, 0.15) is 12.1 Å². The smallest absolute Gasteiger partial charge is 0.416 e. The summed E-state index contributed by atoms with van der Waals surface area (Å²) in [7, 11) is 1.57. The van der Waals surface area contributed by atoms with Crippen LogP contribution in [-0.4, -0.2) is 39.3 Å². The van der Waals surface area contributed by atoms with E-state index < -0.39 is 17.8 Å². The van der Waals surface area contributed by atoms with Gasteiger partial charge in [-0.2, -0.15) is 13.2 Å². The van der Waals surface area contributed by atoms with Crippen LogP contribution >= 0.6 is 0 Å². The van der Waals surface area contributed by atoms with Crippen LogP contribution < -0.4 is 15.4 Å². The van der Waals surface area contributed by atoms with E-state index in [9.17, 15) is 18.0 Å². The number of alkyl halides is 3. The Morgan fingerprint density at radius 3 is 2.66 bits per heavy atom. The minimum Gasteiger partial charge on any atom is -0.496 e. The Hall–Kier alpha value is -3.47. The maximum absolute atomic E-state index is 12.9. The Labute approximate surface area is 181 Å². The van der Waals surface area contributed by atoms with Gasteiger partial charge in [-0.1, -0.05) is 12.1 Å². The number of halogens is 3. The van der Waals surface area contributed by atoms with E-state index >= 15 is 0 Å². The van der Waals surface area contributed by atoms with Gasteiger partial charge in [-0.25, -0.2) is 4.68 Å². The fourth-order valence-electron chi connectivity index (χ4n) is 3.78. The molecule has 0 aliphatic carbocycles. The number of carbonyl (C=O) groups is 1. The molecule has 3 aromatic rings. The fourth-order valence-corrected chi connectivity index (χ4v) is 3.78. The molecule has 1 aliphatic heterocycles. The molecule has 8 nitrogen and oxygen atoms in total. The number of nitrogens with one attached hydrogen (secondary N) is 2. The summed E-state index contributed by atoms with van der Waals surface area (Å²) in [6.07, 6.45) is -2.05. The van der Waals surface area contributed by atoms with Gasteiger partial charge < -0.3 is 15.4 Å². The molecule has 1 aromatic heterocycles. The van der Waals surface area contributed by atoms with Gasteiger partial charge in [0, 0.05) is 24.6 Å². The van der Waals surface area contributed by atoms with Crippen molar-refractivity contribution in [2.75, 3.05) is 7.11 Å². The quantitative estimate of drug-likeness (QED) is 0.605. The summed E-state index contributed by atoms with van der Waals surface area (Å²) in [5.74, 6) is 0.534. The van der Waals surface area contributed by atoms with Gasteiger partial charge in [-0.15, -0.1) is 5.10 Å². The number of nitrogens with zero attached hydrogens (tertiary/aromatic N) is 4. The molecule has 2 unspecified atom stereocenters. The fraction of sp³-hybridized carbons (Fsp3) is 0.333. The van der Waals surface area contributed by atoms with Crippen molar-refractivity contribution in [1.82, 2.24) is 30.8 Å². The molecular weight excluding hydrogens is 425 g/mol. The number of ether oxygens (including phenoxy) is 1. The Morgan fingerprint density at radius 1 is 1.22 bits per heavy atom. The second-order valence-corrected chi connectivity index (χ2v) is 7.44. The van der Waals surface area contributed by atoms with Crippen molar-refractivity contribution in [3.8, 4) is 11.4 Å². The summed E-state index contributed by atoms with van der Waals surface area (Å²) in [6.45, 7) is 0.414. The summed E-state index contributed by atoms with van der Waals surface area (Å²) in [5, 5.41) is 17.5. The van der Waals surface area contributed by atoms with Crippen molar-refractivity contribution in [2.24, 2.45) is 0 Å². The average Bonchev–Trinajstić information content (AvgIpc) is 3.32. The SMILES string of the molecule is COc1ccc(-n2cnnn2)cc1CNC1CCC(=O)NC1c1ccc(C(F)(F)F)cc1. The van der Waals surface area contributed by atoms with Crippen LogP contribution in [0.5, 0.6) is 5.75 Å². The monoisotopic (exact) mass is 446 g/mol. The Bertz CT molecular complexity index is 1070. The topological polar surface area (TPSA) is 94.0 Å². The van der Waals surface area contributed by atoms with Crippen LogP contribution in [0.15, 0.2) is 48.8 Å². The minimum absolute atomic E-state index is 0.133. The van der Waals surface area contributed by atoms with E-state index in [1.54, 1.807) is 7.11 Å². The summed E-state index contributed by atoms with van der Waals surface area (Å²) >= 11 is 0. The number of benzene rings is 2. The van der Waals surface area contributed by atoms with E-state index in [0.717, 1.165) is 23.4 Å². The van der Waals surface area contributed by atoms with Gasteiger partial charge in [0.15, 0.2) is 0 Å². The van der Waals surface area contributed by atoms with Crippen LogP contribution in [0.3, 0.4) is 0 Å². The van der Waals surface area contributed by atoms with Crippen LogP contribution in [-0.2, 0) is 17.5 Å². The lowest BCUT2D eigenvalue weighted by Crippen LogP contribution is -2.48. The highest BCUT2D eigenvalue weighted by atomic mass is 19.4. The molecule has 1 aliphatic rings. The highest BCUT2D eigenvalue weighted by Crippen LogP contribution is 2.32. The zero-order chi connectivity index (χ0) is 22.7. The molecule has 1 fully saturated rings. The van der Waals surface area contributed by atoms with Crippen LogP contribution in [0.25, 0.3) is 5.69 Å². The van der Waals surface area contributed by atoms with Crippen molar-refractivity contribution in [3.05, 3.63) is 65.5 Å². The van der Waals surface area contributed by atoms with Gasteiger partial charge in [-0.05, 0) is 52.7 Å². The van der Waals surface area contributed by atoms with Crippen LogP contribution in [0.4, 0.5) is 13.2 Å². The van der Waals surface area contributed by atoms with Crippen LogP contribution in [0.1, 0.15) is 35.6 Å². The van der Waals surface area contributed by atoms with Crippen molar-refractivity contribution >= 4 is 5.91 Å². The van der Waals surface area contributed by atoms with Gasteiger partial charge in [-0.3, -0.25) is 4.79 Å². The second-order valence-electron chi connectivity index (χ2n) is 7.44. The maximum atomic E-state index is 12.9. The van der Waals surface area contributed by atoms with E-state index in [0.29, 0.717) is 30.7 Å². The second kappa shape index (κ2) is 8.95. The third kappa shape index (κ3) is 4.72. The molecule has 0 spiro atoms. The van der Waals surface area contributed by atoms with Gasteiger partial charge in [0.2, 0.25) is 5.91 Å². The van der Waals surface area contributed by atoms with E-state index in [-0.39, 0.29) is 11.9 Å². The number of methoxy groups -OCH3 is 1. The Kier molecular flexibility index (Phi) is 6.08. The van der Waals surface area contributed by atoms with E-state index in [1.165, 1.54) is 23.1 Å². The summed E-state index contributed by atoms with van der Waals surface area (Å²) in [4.78, 5) is 12.0. The number of carbonyl (C=O) groups excluding carboxylic acids is 1. The van der Waals surface area contributed by atoms with Crippen molar-refractivity contribution in [2.45, 2.75) is 37.6 Å². The zero-order valence-electron chi connectivity index (χ0n) is 17.1. The number of aromatic nitrogens is 4. The standard InChI is InChI=1S/C21H21F3N6O2/c1-32-18-8-6-16(30-12-26-28-29-30)10-14(18)11-25-17-7-9-19(31)27-20(17)13-2-4-15(5-3-13)21(22,23)24/h2-6,8,10,12,17,20,25H,7,9,11H2,1H3,(H,27,31). The molecule has 4 rings (SSSR count). The summed E-state index contributed by atoms with van der Waals surface area (Å²) in [6, 6.07) is 9.78. The summed E-state index contributed by atoms with van der Waals surface area (Å²) < 4.78 is 45.7. The molecular formula is C21H21F3N6O2. The number of amides is 1. The van der Waals surface area contributed by atoms with E-state index in [2.05, 4.69) is 26.2 Å². The molecule has 2 aromatic carbocycles. The first-order valence-electron chi connectivity index (χ1n) is 9.95. The number of tetrazole rings is 1. The largest absolute Gasteiger partial charge is 0.496 e. The van der Waals surface area contributed by atoms with Gasteiger partial charge >= 0.3 is 6.18 Å². The highest BCUT2D eigenvalue weighted by molar-refractivity contribution is 5.77. The third-order valence-corrected chi connectivity index (χ3v) is 5.43.